The number of benzene rings is 2. The van der Waals surface area contributed by atoms with Gasteiger partial charge in [0.1, 0.15) is 0 Å². The SMILES string of the molecule is CC1OC(c2ccc3c(c2)OCO3)C(C)C1c1ccc2c(c1)OCO2. The maximum atomic E-state index is 6.34. The van der Waals surface area contributed by atoms with Crippen molar-refractivity contribution in [1.29, 1.82) is 0 Å². The van der Waals surface area contributed by atoms with Crippen molar-refractivity contribution in [3.05, 3.63) is 47.5 Å². The minimum absolute atomic E-state index is 0.0277. The van der Waals surface area contributed by atoms with Crippen molar-refractivity contribution < 1.29 is 23.7 Å². The summed E-state index contributed by atoms with van der Waals surface area (Å²) in [7, 11) is 0. The van der Waals surface area contributed by atoms with Gasteiger partial charge in [0, 0.05) is 5.92 Å². The summed E-state index contributed by atoms with van der Waals surface area (Å²) in [5.41, 5.74) is 2.36. The fraction of sp³-hybridized carbons (Fsp3) is 0.400. The van der Waals surface area contributed by atoms with Crippen LogP contribution < -0.4 is 18.9 Å². The monoisotopic (exact) mass is 340 g/mol. The van der Waals surface area contributed by atoms with E-state index in [0.717, 1.165) is 28.6 Å². The molecular weight excluding hydrogens is 320 g/mol. The molecule has 130 valence electrons. The summed E-state index contributed by atoms with van der Waals surface area (Å²) in [6.45, 7) is 4.97. The fourth-order valence-electron chi connectivity index (χ4n) is 4.22. The Labute approximate surface area is 146 Å². The highest BCUT2D eigenvalue weighted by Crippen LogP contribution is 2.50. The van der Waals surface area contributed by atoms with Crippen LogP contribution in [0.3, 0.4) is 0 Å². The number of rotatable bonds is 2. The molecule has 1 saturated heterocycles. The van der Waals surface area contributed by atoms with Gasteiger partial charge in [0.2, 0.25) is 13.6 Å². The van der Waals surface area contributed by atoms with Crippen LogP contribution in [0, 0.1) is 5.92 Å². The normalized spacial score (nSPS) is 29.2. The molecule has 0 spiro atoms. The lowest BCUT2D eigenvalue weighted by atomic mass is 9.81. The molecule has 3 aliphatic heterocycles. The molecule has 0 radical (unpaired) electrons. The molecule has 25 heavy (non-hydrogen) atoms. The highest BCUT2D eigenvalue weighted by molar-refractivity contribution is 5.47. The maximum Gasteiger partial charge on any atom is 0.231 e. The van der Waals surface area contributed by atoms with Gasteiger partial charge in [0.25, 0.3) is 0 Å². The van der Waals surface area contributed by atoms with E-state index in [9.17, 15) is 0 Å². The fourth-order valence-corrected chi connectivity index (χ4v) is 4.22. The molecule has 0 saturated carbocycles. The number of hydrogen-bond acceptors (Lipinski definition) is 5. The van der Waals surface area contributed by atoms with Gasteiger partial charge in [0.05, 0.1) is 12.2 Å². The van der Waals surface area contributed by atoms with Gasteiger partial charge in [-0.05, 0) is 48.2 Å². The summed E-state index contributed by atoms with van der Waals surface area (Å²) in [5, 5.41) is 0. The molecule has 4 unspecified atom stereocenters. The second kappa shape index (κ2) is 5.56. The zero-order valence-corrected chi connectivity index (χ0v) is 14.2. The molecule has 1 fully saturated rings. The molecule has 2 aromatic carbocycles. The highest BCUT2D eigenvalue weighted by Gasteiger charge is 2.41. The first-order valence-electron chi connectivity index (χ1n) is 8.65. The van der Waals surface area contributed by atoms with Gasteiger partial charge in [-0.2, -0.15) is 0 Å². The number of ether oxygens (including phenoxy) is 5. The highest BCUT2D eigenvalue weighted by atomic mass is 16.7. The summed E-state index contributed by atoms with van der Waals surface area (Å²) >= 11 is 0. The third kappa shape index (κ3) is 2.34. The summed E-state index contributed by atoms with van der Waals surface area (Å²) in [4.78, 5) is 0. The molecular formula is C20H20O5. The van der Waals surface area contributed by atoms with Gasteiger partial charge in [-0.15, -0.1) is 0 Å². The van der Waals surface area contributed by atoms with Gasteiger partial charge >= 0.3 is 0 Å². The van der Waals surface area contributed by atoms with E-state index in [0.29, 0.717) is 18.6 Å². The summed E-state index contributed by atoms with van der Waals surface area (Å²) in [5.74, 6) is 3.86. The van der Waals surface area contributed by atoms with Crippen molar-refractivity contribution in [3.63, 3.8) is 0 Å². The first-order chi connectivity index (χ1) is 12.2. The average Bonchev–Trinajstić information content (AvgIpc) is 3.32. The lowest BCUT2D eigenvalue weighted by Crippen LogP contribution is -2.14. The van der Waals surface area contributed by atoms with Gasteiger partial charge in [-0.25, -0.2) is 0 Å². The van der Waals surface area contributed by atoms with Crippen LogP contribution in [-0.2, 0) is 4.74 Å². The molecule has 0 bridgehead atoms. The minimum atomic E-state index is 0.0277. The van der Waals surface area contributed by atoms with Crippen LogP contribution >= 0.6 is 0 Å². The van der Waals surface area contributed by atoms with Crippen LogP contribution in [0.25, 0.3) is 0 Å². The standard InChI is InChI=1S/C20H20O5/c1-11-19(13-3-5-15-17(7-13)23-9-21-15)12(2)25-20(11)14-4-6-16-18(8-14)24-10-22-16/h3-8,11-12,19-20H,9-10H2,1-2H3. The Morgan fingerprint density at radius 3 is 1.96 bits per heavy atom. The van der Waals surface area contributed by atoms with Crippen molar-refractivity contribution in [2.75, 3.05) is 13.6 Å². The van der Waals surface area contributed by atoms with E-state index >= 15 is 0 Å². The van der Waals surface area contributed by atoms with E-state index in [4.69, 9.17) is 23.7 Å². The quantitative estimate of drug-likeness (QED) is 0.826. The predicted octanol–water partition coefficient (Wildman–Crippen LogP) is 4.02. The maximum absolute atomic E-state index is 6.34. The van der Waals surface area contributed by atoms with Crippen molar-refractivity contribution >= 4 is 0 Å². The molecule has 0 aromatic heterocycles. The van der Waals surface area contributed by atoms with E-state index in [2.05, 4.69) is 32.0 Å². The number of hydrogen-bond donors (Lipinski definition) is 0. The molecule has 4 atom stereocenters. The topological polar surface area (TPSA) is 46.2 Å². The van der Waals surface area contributed by atoms with E-state index in [-0.39, 0.29) is 19.0 Å². The molecule has 5 rings (SSSR count). The summed E-state index contributed by atoms with van der Waals surface area (Å²) in [6, 6.07) is 12.3. The van der Waals surface area contributed by atoms with Crippen molar-refractivity contribution in [1.82, 2.24) is 0 Å². The average molecular weight is 340 g/mol. The van der Waals surface area contributed by atoms with Crippen molar-refractivity contribution in [3.8, 4) is 23.0 Å². The second-order valence-electron chi connectivity index (χ2n) is 6.87. The third-order valence-corrected chi connectivity index (χ3v) is 5.42. The van der Waals surface area contributed by atoms with Gasteiger partial charge in [-0.1, -0.05) is 19.1 Å². The Kier molecular flexibility index (Phi) is 3.31. The zero-order valence-electron chi connectivity index (χ0n) is 14.2. The summed E-state index contributed by atoms with van der Waals surface area (Å²) in [6.07, 6.45) is 0.144. The molecule has 0 N–H and O–H groups in total. The van der Waals surface area contributed by atoms with Crippen LogP contribution in [0.5, 0.6) is 23.0 Å². The Morgan fingerprint density at radius 1 is 0.720 bits per heavy atom. The van der Waals surface area contributed by atoms with Crippen LogP contribution in [-0.4, -0.2) is 19.7 Å². The molecule has 3 aliphatic rings. The molecule has 5 nitrogen and oxygen atoms in total. The molecule has 0 aliphatic carbocycles. The van der Waals surface area contributed by atoms with Crippen LogP contribution in [0.15, 0.2) is 36.4 Å². The Morgan fingerprint density at radius 2 is 1.28 bits per heavy atom. The summed E-state index contributed by atoms with van der Waals surface area (Å²) < 4.78 is 28.2. The third-order valence-electron chi connectivity index (χ3n) is 5.42. The van der Waals surface area contributed by atoms with E-state index in [1.54, 1.807) is 0 Å². The zero-order chi connectivity index (χ0) is 17.0. The van der Waals surface area contributed by atoms with Gasteiger partial charge < -0.3 is 23.7 Å². The molecule has 3 heterocycles. The Hall–Kier alpha value is -2.40. The van der Waals surface area contributed by atoms with Crippen LogP contribution in [0.4, 0.5) is 0 Å². The van der Waals surface area contributed by atoms with Crippen molar-refractivity contribution in [2.24, 2.45) is 5.92 Å². The minimum Gasteiger partial charge on any atom is -0.454 e. The molecule has 0 amide bonds. The lowest BCUT2D eigenvalue weighted by Gasteiger charge is -2.20. The van der Waals surface area contributed by atoms with Gasteiger partial charge in [-0.3, -0.25) is 0 Å². The van der Waals surface area contributed by atoms with E-state index in [1.807, 2.05) is 18.2 Å². The van der Waals surface area contributed by atoms with E-state index < -0.39 is 0 Å². The lowest BCUT2D eigenvalue weighted by molar-refractivity contribution is 0.0431. The first kappa shape index (κ1) is 14.9. The largest absolute Gasteiger partial charge is 0.454 e. The van der Waals surface area contributed by atoms with Crippen molar-refractivity contribution in [2.45, 2.75) is 32.0 Å². The molecule has 2 aromatic rings. The first-order valence-corrected chi connectivity index (χ1v) is 8.65. The second-order valence-corrected chi connectivity index (χ2v) is 6.87. The Bertz CT molecular complexity index is 818. The smallest absolute Gasteiger partial charge is 0.231 e. The number of fused-ring (bicyclic) bond motifs is 2. The molecule has 5 heteroatoms. The van der Waals surface area contributed by atoms with Crippen LogP contribution in [0.2, 0.25) is 0 Å². The predicted molar refractivity (Wildman–Crippen MR) is 90.3 cm³/mol. The Balaban J connectivity index is 1.45. The van der Waals surface area contributed by atoms with Crippen LogP contribution in [0.1, 0.15) is 37.0 Å². The van der Waals surface area contributed by atoms with Gasteiger partial charge in [0.15, 0.2) is 23.0 Å². The van der Waals surface area contributed by atoms with E-state index in [1.165, 1.54) is 5.56 Å².